The van der Waals surface area contributed by atoms with Crippen molar-refractivity contribution >= 4 is 11.6 Å². The number of aromatic amines is 1. The molecule has 0 saturated heterocycles. The summed E-state index contributed by atoms with van der Waals surface area (Å²) < 4.78 is 0. The van der Waals surface area contributed by atoms with Crippen molar-refractivity contribution < 1.29 is 4.79 Å². The van der Waals surface area contributed by atoms with Crippen molar-refractivity contribution in [1.29, 1.82) is 0 Å². The van der Waals surface area contributed by atoms with Crippen LogP contribution in [-0.2, 0) is 11.2 Å². The Bertz CT molecular complexity index is 624. The Morgan fingerprint density at radius 3 is 2.62 bits per heavy atom. The van der Waals surface area contributed by atoms with E-state index in [4.69, 9.17) is 0 Å². The Morgan fingerprint density at radius 1 is 1.33 bits per heavy atom. The van der Waals surface area contributed by atoms with Crippen LogP contribution in [0.1, 0.15) is 42.3 Å². The number of likely N-dealkylation sites (N-methyl/N-ethyl adjacent to an activating group) is 1. The van der Waals surface area contributed by atoms with Crippen LogP contribution < -0.4 is 4.90 Å². The number of nitrogens with zero attached hydrogens (tertiary/aromatic N) is 2. The molecule has 2 rings (SSSR count). The first kappa shape index (κ1) is 15.3. The van der Waals surface area contributed by atoms with Crippen LogP contribution in [-0.4, -0.2) is 23.2 Å². The van der Waals surface area contributed by atoms with Crippen molar-refractivity contribution in [2.45, 2.75) is 40.0 Å². The highest BCUT2D eigenvalue weighted by Crippen LogP contribution is 2.22. The summed E-state index contributed by atoms with van der Waals surface area (Å²) >= 11 is 0. The van der Waals surface area contributed by atoms with E-state index in [1.165, 1.54) is 5.56 Å². The van der Waals surface area contributed by atoms with Gasteiger partial charge in [-0.3, -0.25) is 9.89 Å². The van der Waals surface area contributed by atoms with E-state index in [1.54, 1.807) is 4.90 Å². The Hall–Kier alpha value is -2.10. The van der Waals surface area contributed by atoms with Crippen LogP contribution in [0.2, 0.25) is 0 Å². The van der Waals surface area contributed by atoms with Gasteiger partial charge in [0, 0.05) is 24.0 Å². The molecule has 0 aliphatic carbocycles. The summed E-state index contributed by atoms with van der Waals surface area (Å²) in [7, 11) is 1.83. The third-order valence-electron chi connectivity index (χ3n) is 3.91. The molecule has 4 heteroatoms. The van der Waals surface area contributed by atoms with Crippen molar-refractivity contribution in [3.63, 3.8) is 0 Å². The lowest BCUT2D eigenvalue weighted by molar-refractivity contribution is -0.117. The minimum atomic E-state index is 0.0727. The molecule has 21 heavy (non-hydrogen) atoms. The second-order valence-corrected chi connectivity index (χ2v) is 5.79. The lowest BCUT2D eigenvalue weighted by atomic mass is 10.0. The highest BCUT2D eigenvalue weighted by atomic mass is 16.2. The van der Waals surface area contributed by atoms with Crippen molar-refractivity contribution in [3.05, 3.63) is 46.8 Å². The Kier molecular flexibility index (Phi) is 4.46. The molecule has 0 bridgehead atoms. The van der Waals surface area contributed by atoms with Gasteiger partial charge in [-0.1, -0.05) is 26.0 Å². The zero-order valence-electron chi connectivity index (χ0n) is 13.4. The number of amides is 1. The first-order chi connectivity index (χ1) is 9.90. The van der Waals surface area contributed by atoms with Crippen LogP contribution in [0.5, 0.6) is 0 Å². The zero-order valence-corrected chi connectivity index (χ0v) is 13.4. The molecule has 1 N–H and O–H groups in total. The summed E-state index contributed by atoms with van der Waals surface area (Å²) in [5.74, 6) is 0.523. The highest BCUT2D eigenvalue weighted by molar-refractivity contribution is 5.94. The van der Waals surface area contributed by atoms with Gasteiger partial charge in [0.2, 0.25) is 5.91 Å². The third-order valence-corrected chi connectivity index (χ3v) is 3.91. The second-order valence-electron chi connectivity index (χ2n) is 5.79. The smallest absolute Gasteiger partial charge is 0.231 e. The zero-order chi connectivity index (χ0) is 15.6. The van der Waals surface area contributed by atoms with Crippen LogP contribution in [0, 0.1) is 13.8 Å². The number of benzene rings is 1. The van der Waals surface area contributed by atoms with E-state index in [9.17, 15) is 4.79 Å². The maximum absolute atomic E-state index is 12.5. The van der Waals surface area contributed by atoms with Crippen LogP contribution in [0.4, 0.5) is 5.69 Å². The number of anilines is 1. The first-order valence-electron chi connectivity index (χ1n) is 7.27. The minimum absolute atomic E-state index is 0.0727. The molecule has 0 atom stereocenters. The number of H-pyrrole nitrogens is 1. The lowest BCUT2D eigenvalue weighted by Crippen LogP contribution is -2.28. The van der Waals surface area contributed by atoms with Crippen LogP contribution in [0.15, 0.2) is 24.3 Å². The molecule has 2 aromatic rings. The molecule has 112 valence electrons. The lowest BCUT2D eigenvalue weighted by Gasteiger charge is -2.19. The summed E-state index contributed by atoms with van der Waals surface area (Å²) in [5.41, 5.74) is 5.02. The Labute approximate surface area is 126 Å². The molecule has 0 unspecified atom stereocenters. The van der Waals surface area contributed by atoms with Gasteiger partial charge in [-0.2, -0.15) is 5.10 Å². The summed E-state index contributed by atoms with van der Waals surface area (Å²) in [6.07, 6.45) is 0.372. The van der Waals surface area contributed by atoms with Gasteiger partial charge < -0.3 is 4.90 Å². The summed E-state index contributed by atoms with van der Waals surface area (Å²) in [4.78, 5) is 14.2. The predicted molar refractivity (Wildman–Crippen MR) is 85.7 cm³/mol. The average Bonchev–Trinajstić information content (AvgIpc) is 2.78. The molecule has 1 heterocycles. The molecule has 0 spiro atoms. The van der Waals surface area contributed by atoms with Gasteiger partial charge in [0.1, 0.15) is 0 Å². The maximum atomic E-state index is 12.5. The van der Waals surface area contributed by atoms with Crippen molar-refractivity contribution in [3.8, 4) is 0 Å². The van der Waals surface area contributed by atoms with E-state index < -0.39 is 0 Å². The molecular formula is C17H23N3O. The number of hydrogen-bond acceptors (Lipinski definition) is 2. The minimum Gasteiger partial charge on any atom is -0.315 e. The van der Waals surface area contributed by atoms with Gasteiger partial charge in [0.05, 0.1) is 12.1 Å². The van der Waals surface area contributed by atoms with Gasteiger partial charge in [0.25, 0.3) is 0 Å². The van der Waals surface area contributed by atoms with Crippen molar-refractivity contribution in [2.24, 2.45) is 0 Å². The Balaban J connectivity index is 2.18. The van der Waals surface area contributed by atoms with E-state index in [-0.39, 0.29) is 5.91 Å². The number of aryl methyl sites for hydroxylation is 2. The van der Waals surface area contributed by atoms with Crippen molar-refractivity contribution in [2.75, 3.05) is 11.9 Å². The molecule has 0 aliphatic rings. The average molecular weight is 285 g/mol. The molecule has 1 amide bonds. The van der Waals surface area contributed by atoms with Gasteiger partial charge in [-0.05, 0) is 37.5 Å². The fourth-order valence-electron chi connectivity index (χ4n) is 2.34. The van der Waals surface area contributed by atoms with Gasteiger partial charge in [-0.15, -0.1) is 0 Å². The number of carbonyl (C=O) groups is 1. The van der Waals surface area contributed by atoms with Crippen LogP contribution in [0.3, 0.4) is 0 Å². The van der Waals surface area contributed by atoms with E-state index in [2.05, 4.69) is 36.2 Å². The molecule has 0 radical (unpaired) electrons. The topological polar surface area (TPSA) is 49.0 Å². The van der Waals surface area contributed by atoms with E-state index in [0.29, 0.717) is 12.3 Å². The van der Waals surface area contributed by atoms with E-state index in [0.717, 1.165) is 22.6 Å². The fourth-order valence-corrected chi connectivity index (χ4v) is 2.34. The van der Waals surface area contributed by atoms with Gasteiger partial charge in [-0.25, -0.2) is 0 Å². The quantitative estimate of drug-likeness (QED) is 0.936. The van der Waals surface area contributed by atoms with Gasteiger partial charge >= 0.3 is 0 Å². The summed E-state index contributed by atoms with van der Waals surface area (Å²) in [5, 5.41) is 7.07. The molecule has 0 saturated carbocycles. The molecule has 0 aliphatic heterocycles. The molecule has 1 aromatic carbocycles. The van der Waals surface area contributed by atoms with Crippen molar-refractivity contribution in [1.82, 2.24) is 10.2 Å². The largest absolute Gasteiger partial charge is 0.315 e. The number of carbonyl (C=O) groups excluding carboxylic acids is 1. The Morgan fingerprint density at radius 2 is 2.05 bits per heavy atom. The van der Waals surface area contributed by atoms with Gasteiger partial charge in [0.15, 0.2) is 0 Å². The van der Waals surface area contributed by atoms with Crippen LogP contribution >= 0.6 is 0 Å². The molecular weight excluding hydrogens is 262 g/mol. The summed E-state index contributed by atoms with van der Waals surface area (Å²) in [6.45, 7) is 8.17. The number of nitrogens with one attached hydrogen (secondary N) is 1. The van der Waals surface area contributed by atoms with Crippen LogP contribution in [0.25, 0.3) is 0 Å². The SMILES string of the molecule is Cc1n[nH]c(C)c1CC(=O)N(C)c1cccc(C(C)C)c1. The molecule has 4 nitrogen and oxygen atoms in total. The molecule has 0 fully saturated rings. The first-order valence-corrected chi connectivity index (χ1v) is 7.27. The number of rotatable bonds is 4. The fraction of sp³-hybridized carbons (Fsp3) is 0.412. The maximum Gasteiger partial charge on any atom is 0.231 e. The normalized spacial score (nSPS) is 11.0. The standard InChI is InChI=1S/C17H23N3O/c1-11(2)14-7-6-8-15(9-14)20(5)17(21)10-16-12(3)18-19-13(16)4/h6-9,11H,10H2,1-5H3,(H,18,19). The monoisotopic (exact) mass is 285 g/mol. The third kappa shape index (κ3) is 3.32. The highest BCUT2D eigenvalue weighted by Gasteiger charge is 2.16. The number of aromatic nitrogens is 2. The van der Waals surface area contributed by atoms with E-state index >= 15 is 0 Å². The summed E-state index contributed by atoms with van der Waals surface area (Å²) in [6, 6.07) is 8.15. The second kappa shape index (κ2) is 6.12. The molecule has 1 aromatic heterocycles. The van der Waals surface area contributed by atoms with E-state index in [1.807, 2.05) is 33.0 Å². The predicted octanol–water partition coefficient (Wildman–Crippen LogP) is 3.36. The number of hydrogen-bond donors (Lipinski definition) is 1.